The van der Waals surface area contributed by atoms with Crippen molar-refractivity contribution in [2.75, 3.05) is 18.0 Å². The Bertz CT molecular complexity index is 511. The second-order valence-electron chi connectivity index (χ2n) is 5.81. The number of carbonyl (C=O) groups is 2. The van der Waals surface area contributed by atoms with Crippen LogP contribution in [0.5, 0.6) is 0 Å². The molecule has 1 aromatic carbocycles. The predicted octanol–water partition coefficient (Wildman–Crippen LogP) is 2.45. The first kappa shape index (κ1) is 12.4. The summed E-state index contributed by atoms with van der Waals surface area (Å²) in [7, 11) is 0. The standard InChI is InChI=1S/C16H19NO2/c1-12(18)16-9-5-6-13(15(16)19)10-17(11-16)14-7-3-2-4-8-14/h2-4,7-8,13H,5-6,9-11H2,1H3. The third-order valence-corrected chi connectivity index (χ3v) is 4.70. The van der Waals surface area contributed by atoms with Crippen molar-refractivity contribution in [3.63, 3.8) is 0 Å². The van der Waals surface area contributed by atoms with E-state index in [1.807, 2.05) is 18.2 Å². The molecule has 2 unspecified atom stereocenters. The number of benzene rings is 1. The van der Waals surface area contributed by atoms with Crippen LogP contribution in [-0.4, -0.2) is 24.7 Å². The molecule has 100 valence electrons. The smallest absolute Gasteiger partial charge is 0.153 e. The highest BCUT2D eigenvalue weighted by Gasteiger charge is 2.52. The van der Waals surface area contributed by atoms with Crippen molar-refractivity contribution in [3.05, 3.63) is 30.3 Å². The van der Waals surface area contributed by atoms with Gasteiger partial charge in [-0.05, 0) is 31.9 Å². The predicted molar refractivity (Wildman–Crippen MR) is 74.1 cm³/mol. The summed E-state index contributed by atoms with van der Waals surface area (Å²) in [5.41, 5.74) is 0.379. The van der Waals surface area contributed by atoms with Crippen molar-refractivity contribution < 1.29 is 9.59 Å². The van der Waals surface area contributed by atoms with Gasteiger partial charge in [0.05, 0.1) is 0 Å². The van der Waals surface area contributed by atoms with Crippen LogP contribution in [0.3, 0.4) is 0 Å². The Kier molecular flexibility index (Phi) is 2.92. The molecule has 2 fully saturated rings. The second kappa shape index (κ2) is 4.48. The van der Waals surface area contributed by atoms with Gasteiger partial charge in [0.1, 0.15) is 11.2 Å². The molecule has 1 aromatic rings. The van der Waals surface area contributed by atoms with Gasteiger partial charge >= 0.3 is 0 Å². The number of para-hydroxylation sites is 1. The highest BCUT2D eigenvalue weighted by Crippen LogP contribution is 2.43. The fraction of sp³-hybridized carbons (Fsp3) is 0.500. The second-order valence-corrected chi connectivity index (χ2v) is 5.81. The van der Waals surface area contributed by atoms with Gasteiger partial charge in [0, 0.05) is 24.7 Å². The van der Waals surface area contributed by atoms with Crippen molar-refractivity contribution in [1.82, 2.24) is 0 Å². The third-order valence-electron chi connectivity index (χ3n) is 4.70. The number of ketones is 2. The lowest BCUT2D eigenvalue weighted by Crippen LogP contribution is -2.59. The van der Waals surface area contributed by atoms with Gasteiger partial charge in [-0.1, -0.05) is 24.6 Å². The number of carbonyl (C=O) groups excluding carboxylic acids is 2. The summed E-state index contributed by atoms with van der Waals surface area (Å²) >= 11 is 0. The van der Waals surface area contributed by atoms with Gasteiger partial charge in [-0.15, -0.1) is 0 Å². The van der Waals surface area contributed by atoms with Crippen molar-refractivity contribution in [3.8, 4) is 0 Å². The zero-order chi connectivity index (χ0) is 13.5. The van der Waals surface area contributed by atoms with E-state index in [0.29, 0.717) is 6.54 Å². The van der Waals surface area contributed by atoms with E-state index in [9.17, 15) is 9.59 Å². The summed E-state index contributed by atoms with van der Waals surface area (Å²) < 4.78 is 0. The zero-order valence-electron chi connectivity index (χ0n) is 11.3. The molecule has 19 heavy (non-hydrogen) atoms. The molecule has 1 saturated carbocycles. The molecule has 3 nitrogen and oxygen atoms in total. The summed E-state index contributed by atoms with van der Waals surface area (Å²) in [6.45, 7) is 2.90. The summed E-state index contributed by atoms with van der Waals surface area (Å²) in [6, 6.07) is 10.1. The fourth-order valence-corrected chi connectivity index (χ4v) is 3.58. The Labute approximate surface area is 113 Å². The number of hydrogen-bond acceptors (Lipinski definition) is 3. The van der Waals surface area contributed by atoms with Crippen LogP contribution in [0, 0.1) is 11.3 Å². The van der Waals surface area contributed by atoms with E-state index < -0.39 is 5.41 Å². The molecule has 3 rings (SSSR count). The molecule has 3 heteroatoms. The first-order chi connectivity index (χ1) is 9.13. The maximum Gasteiger partial charge on any atom is 0.153 e. The minimum Gasteiger partial charge on any atom is -0.369 e. The van der Waals surface area contributed by atoms with Gasteiger partial charge in [0.15, 0.2) is 5.78 Å². The number of piperidine rings is 1. The number of Topliss-reactive ketones (excluding diaryl/α,β-unsaturated/α-hetero) is 2. The van der Waals surface area contributed by atoms with Crippen LogP contribution in [0.4, 0.5) is 5.69 Å². The topological polar surface area (TPSA) is 37.4 Å². The Morgan fingerprint density at radius 3 is 2.74 bits per heavy atom. The van der Waals surface area contributed by atoms with Crippen LogP contribution in [-0.2, 0) is 9.59 Å². The van der Waals surface area contributed by atoms with Crippen molar-refractivity contribution in [1.29, 1.82) is 0 Å². The normalized spacial score (nSPS) is 30.3. The fourth-order valence-electron chi connectivity index (χ4n) is 3.58. The Hall–Kier alpha value is -1.64. The largest absolute Gasteiger partial charge is 0.369 e. The molecule has 2 bridgehead atoms. The first-order valence-corrected chi connectivity index (χ1v) is 6.99. The Morgan fingerprint density at radius 2 is 2.05 bits per heavy atom. The lowest BCUT2D eigenvalue weighted by molar-refractivity contribution is -0.146. The first-order valence-electron chi connectivity index (χ1n) is 6.99. The van der Waals surface area contributed by atoms with Crippen molar-refractivity contribution >= 4 is 17.3 Å². The average Bonchev–Trinajstić information content (AvgIpc) is 2.39. The van der Waals surface area contributed by atoms with Crippen LogP contribution in [0.25, 0.3) is 0 Å². The molecule has 0 spiro atoms. The lowest BCUT2D eigenvalue weighted by atomic mass is 9.63. The van der Waals surface area contributed by atoms with E-state index >= 15 is 0 Å². The molecule has 0 radical (unpaired) electrons. The number of fused-ring (bicyclic) bond motifs is 2. The highest BCUT2D eigenvalue weighted by molar-refractivity contribution is 6.09. The SMILES string of the molecule is CC(=O)C12CCCC(CN(c3ccccc3)C1)C2=O. The molecule has 1 aliphatic heterocycles. The molecular weight excluding hydrogens is 238 g/mol. The van der Waals surface area contributed by atoms with E-state index in [1.165, 1.54) is 0 Å². The Balaban J connectivity index is 1.96. The number of anilines is 1. The average molecular weight is 257 g/mol. The van der Waals surface area contributed by atoms with Crippen molar-refractivity contribution in [2.24, 2.45) is 11.3 Å². The molecular formula is C16H19NO2. The number of hydrogen-bond donors (Lipinski definition) is 0. The Morgan fingerprint density at radius 1 is 1.32 bits per heavy atom. The van der Waals surface area contributed by atoms with Gasteiger partial charge in [0.25, 0.3) is 0 Å². The molecule has 1 heterocycles. The van der Waals surface area contributed by atoms with E-state index in [0.717, 1.165) is 31.5 Å². The summed E-state index contributed by atoms with van der Waals surface area (Å²) in [5.74, 6) is 0.271. The van der Waals surface area contributed by atoms with Gasteiger partial charge in [-0.3, -0.25) is 9.59 Å². The van der Waals surface area contributed by atoms with Gasteiger partial charge < -0.3 is 4.90 Å². The van der Waals surface area contributed by atoms with E-state index in [4.69, 9.17) is 0 Å². The molecule has 0 amide bonds. The molecule has 2 aliphatic rings. The van der Waals surface area contributed by atoms with Gasteiger partial charge in [-0.2, -0.15) is 0 Å². The minimum absolute atomic E-state index is 0.0339. The van der Waals surface area contributed by atoms with Crippen LogP contribution >= 0.6 is 0 Å². The number of nitrogens with zero attached hydrogens (tertiary/aromatic N) is 1. The molecule has 0 aromatic heterocycles. The van der Waals surface area contributed by atoms with Gasteiger partial charge in [-0.25, -0.2) is 0 Å². The molecule has 0 N–H and O–H groups in total. The quantitative estimate of drug-likeness (QED) is 0.764. The summed E-state index contributed by atoms with van der Waals surface area (Å²) in [4.78, 5) is 26.8. The lowest BCUT2D eigenvalue weighted by Gasteiger charge is -2.47. The van der Waals surface area contributed by atoms with Gasteiger partial charge in [0.2, 0.25) is 0 Å². The minimum atomic E-state index is -0.739. The monoisotopic (exact) mass is 257 g/mol. The third kappa shape index (κ3) is 1.88. The summed E-state index contributed by atoms with van der Waals surface area (Å²) in [6.07, 6.45) is 2.65. The van der Waals surface area contributed by atoms with Crippen LogP contribution in [0.15, 0.2) is 30.3 Å². The van der Waals surface area contributed by atoms with Crippen LogP contribution in [0.1, 0.15) is 26.2 Å². The highest BCUT2D eigenvalue weighted by atomic mass is 16.2. The van der Waals surface area contributed by atoms with Crippen molar-refractivity contribution in [2.45, 2.75) is 26.2 Å². The van der Waals surface area contributed by atoms with E-state index in [1.54, 1.807) is 6.92 Å². The number of rotatable bonds is 2. The maximum atomic E-state index is 12.5. The summed E-state index contributed by atoms with van der Waals surface area (Å²) in [5, 5.41) is 0. The van der Waals surface area contributed by atoms with E-state index in [2.05, 4.69) is 17.0 Å². The van der Waals surface area contributed by atoms with Crippen LogP contribution < -0.4 is 4.90 Å². The maximum absolute atomic E-state index is 12.5. The van der Waals surface area contributed by atoms with E-state index in [-0.39, 0.29) is 17.5 Å². The van der Waals surface area contributed by atoms with Crippen LogP contribution in [0.2, 0.25) is 0 Å². The molecule has 1 saturated heterocycles. The molecule has 1 aliphatic carbocycles. The molecule has 2 atom stereocenters. The zero-order valence-corrected chi connectivity index (χ0v) is 11.3.